The fourth-order valence-corrected chi connectivity index (χ4v) is 1.69. The molecule has 0 bridgehead atoms. The molecule has 0 fully saturated rings. The highest BCUT2D eigenvalue weighted by Gasteiger charge is 2.16. The molecule has 0 aliphatic rings. The van der Waals surface area contributed by atoms with Crippen LogP contribution in [0.1, 0.15) is 11.7 Å². The highest BCUT2D eigenvalue weighted by atomic mass is 35.5. The van der Waals surface area contributed by atoms with Crippen LogP contribution in [0.5, 0.6) is 0 Å². The van der Waals surface area contributed by atoms with Crippen LogP contribution >= 0.6 is 11.6 Å². The standard InChI is InChI=1S/C10H10ClN5O3/c11-6-2-13-7(8(3-17)15-10(18)19)1-9(6)16-5-12-4-14-16/h1-2,4-5,8,15,17H,3H2,(H,18,19)/t8-/m1/s1. The van der Waals surface area contributed by atoms with Gasteiger partial charge in [-0.25, -0.2) is 14.5 Å². The Balaban J connectivity index is 2.37. The van der Waals surface area contributed by atoms with Crippen molar-refractivity contribution in [3.8, 4) is 5.69 Å². The number of aromatic nitrogens is 4. The van der Waals surface area contributed by atoms with Gasteiger partial charge in [0, 0.05) is 6.20 Å². The Labute approximate surface area is 112 Å². The Hall–Kier alpha value is -2.19. The smallest absolute Gasteiger partial charge is 0.405 e. The number of pyridine rings is 1. The lowest BCUT2D eigenvalue weighted by atomic mass is 10.2. The number of nitrogens with one attached hydrogen (secondary N) is 1. The maximum absolute atomic E-state index is 10.6. The summed E-state index contributed by atoms with van der Waals surface area (Å²) in [6.45, 7) is -0.419. The van der Waals surface area contributed by atoms with Gasteiger partial charge in [0.25, 0.3) is 0 Å². The topological polar surface area (TPSA) is 113 Å². The first kappa shape index (κ1) is 13.2. The first-order chi connectivity index (χ1) is 9.11. The van der Waals surface area contributed by atoms with Crippen LogP contribution in [-0.4, -0.2) is 42.7 Å². The Morgan fingerprint density at radius 3 is 2.95 bits per heavy atom. The molecule has 19 heavy (non-hydrogen) atoms. The van der Waals surface area contributed by atoms with Gasteiger partial charge >= 0.3 is 6.09 Å². The zero-order valence-electron chi connectivity index (χ0n) is 9.56. The quantitative estimate of drug-likeness (QED) is 0.758. The molecule has 0 aliphatic heterocycles. The molecule has 0 spiro atoms. The summed E-state index contributed by atoms with van der Waals surface area (Å²) in [6, 6.07) is 0.699. The van der Waals surface area contributed by atoms with E-state index in [2.05, 4.69) is 20.4 Å². The Morgan fingerprint density at radius 1 is 1.58 bits per heavy atom. The molecule has 0 aromatic carbocycles. The Morgan fingerprint density at radius 2 is 2.37 bits per heavy atom. The van der Waals surface area contributed by atoms with Crippen molar-refractivity contribution in [2.24, 2.45) is 0 Å². The van der Waals surface area contributed by atoms with E-state index >= 15 is 0 Å². The average molecular weight is 284 g/mol. The van der Waals surface area contributed by atoms with Crippen LogP contribution in [0.25, 0.3) is 5.69 Å². The van der Waals surface area contributed by atoms with Gasteiger partial charge in [0.2, 0.25) is 0 Å². The predicted molar refractivity (Wildman–Crippen MR) is 65.2 cm³/mol. The highest BCUT2D eigenvalue weighted by Crippen LogP contribution is 2.21. The van der Waals surface area contributed by atoms with E-state index in [0.29, 0.717) is 16.4 Å². The van der Waals surface area contributed by atoms with Crippen molar-refractivity contribution in [3.63, 3.8) is 0 Å². The van der Waals surface area contributed by atoms with E-state index in [-0.39, 0.29) is 0 Å². The van der Waals surface area contributed by atoms with Gasteiger partial charge < -0.3 is 15.5 Å². The third kappa shape index (κ3) is 2.98. The Kier molecular flexibility index (Phi) is 3.93. The van der Waals surface area contributed by atoms with Crippen molar-refractivity contribution in [2.45, 2.75) is 6.04 Å². The van der Waals surface area contributed by atoms with Gasteiger partial charge in [-0.1, -0.05) is 11.6 Å². The van der Waals surface area contributed by atoms with Gasteiger partial charge in [-0.2, -0.15) is 5.10 Å². The number of aliphatic hydroxyl groups excluding tert-OH is 1. The second-order valence-corrected chi connectivity index (χ2v) is 3.99. The molecule has 100 valence electrons. The summed E-state index contributed by atoms with van der Waals surface area (Å²) in [5.74, 6) is 0. The van der Waals surface area contributed by atoms with Gasteiger partial charge in [0.1, 0.15) is 12.7 Å². The van der Waals surface area contributed by atoms with Gasteiger partial charge in [-0.15, -0.1) is 0 Å². The SMILES string of the molecule is O=C(O)N[C@H](CO)c1cc(-n2cncn2)c(Cl)cn1. The van der Waals surface area contributed by atoms with E-state index in [1.54, 1.807) is 0 Å². The van der Waals surface area contributed by atoms with Gasteiger partial charge in [0.05, 0.1) is 29.1 Å². The zero-order chi connectivity index (χ0) is 13.8. The second kappa shape index (κ2) is 5.63. The normalized spacial score (nSPS) is 12.1. The second-order valence-electron chi connectivity index (χ2n) is 3.59. The van der Waals surface area contributed by atoms with Crippen molar-refractivity contribution in [1.29, 1.82) is 0 Å². The maximum Gasteiger partial charge on any atom is 0.405 e. The number of carboxylic acid groups (broad SMARTS) is 1. The molecule has 2 rings (SSSR count). The molecule has 1 amide bonds. The van der Waals surface area contributed by atoms with E-state index in [0.717, 1.165) is 0 Å². The molecule has 9 heteroatoms. The van der Waals surface area contributed by atoms with E-state index in [9.17, 15) is 9.90 Å². The molecule has 2 heterocycles. The summed E-state index contributed by atoms with van der Waals surface area (Å²) >= 11 is 5.99. The average Bonchev–Trinajstić information content (AvgIpc) is 2.90. The lowest BCUT2D eigenvalue weighted by Crippen LogP contribution is -2.30. The van der Waals surface area contributed by atoms with E-state index in [1.165, 1.54) is 29.6 Å². The van der Waals surface area contributed by atoms with Crippen LogP contribution in [0.15, 0.2) is 24.9 Å². The molecule has 0 radical (unpaired) electrons. The maximum atomic E-state index is 10.6. The van der Waals surface area contributed by atoms with Crippen molar-refractivity contribution < 1.29 is 15.0 Å². The first-order valence-electron chi connectivity index (χ1n) is 5.22. The van der Waals surface area contributed by atoms with Crippen molar-refractivity contribution in [2.75, 3.05) is 6.61 Å². The van der Waals surface area contributed by atoms with E-state index in [1.807, 2.05) is 0 Å². The molecule has 0 unspecified atom stereocenters. The number of nitrogens with zero attached hydrogens (tertiary/aromatic N) is 4. The molecule has 0 saturated carbocycles. The third-order valence-electron chi connectivity index (χ3n) is 2.36. The summed E-state index contributed by atoms with van der Waals surface area (Å²) in [5, 5.41) is 24.3. The number of aliphatic hydroxyl groups is 1. The molecular formula is C10H10ClN5O3. The summed E-state index contributed by atoms with van der Waals surface area (Å²) < 4.78 is 1.42. The van der Waals surface area contributed by atoms with E-state index in [4.69, 9.17) is 16.7 Å². The monoisotopic (exact) mass is 283 g/mol. The van der Waals surface area contributed by atoms with Crippen molar-refractivity contribution in [3.05, 3.63) is 35.6 Å². The highest BCUT2D eigenvalue weighted by molar-refractivity contribution is 6.32. The lowest BCUT2D eigenvalue weighted by molar-refractivity contribution is 0.177. The fourth-order valence-electron chi connectivity index (χ4n) is 1.50. The van der Waals surface area contributed by atoms with Gasteiger partial charge in [-0.05, 0) is 6.07 Å². The Bertz CT molecular complexity index is 575. The molecule has 2 aromatic rings. The van der Waals surface area contributed by atoms with Crippen LogP contribution in [-0.2, 0) is 0 Å². The number of halogens is 1. The fraction of sp³-hybridized carbons (Fsp3) is 0.200. The van der Waals surface area contributed by atoms with Crippen molar-refractivity contribution in [1.82, 2.24) is 25.1 Å². The summed E-state index contributed by atoms with van der Waals surface area (Å²) in [5.41, 5.74) is 0.828. The number of hydrogen-bond acceptors (Lipinski definition) is 5. The first-order valence-corrected chi connectivity index (χ1v) is 5.60. The van der Waals surface area contributed by atoms with Crippen LogP contribution in [0.4, 0.5) is 4.79 Å². The molecule has 1 atom stereocenters. The number of amides is 1. The summed E-state index contributed by atoms with van der Waals surface area (Å²) in [4.78, 5) is 18.4. The number of rotatable bonds is 4. The van der Waals surface area contributed by atoms with Crippen LogP contribution in [0.3, 0.4) is 0 Å². The lowest BCUT2D eigenvalue weighted by Gasteiger charge is -2.14. The van der Waals surface area contributed by atoms with Gasteiger partial charge in [0.15, 0.2) is 0 Å². The number of hydrogen-bond donors (Lipinski definition) is 3. The predicted octanol–water partition coefficient (Wildman–Crippen LogP) is 0.617. The third-order valence-corrected chi connectivity index (χ3v) is 2.65. The summed E-state index contributed by atoms with van der Waals surface area (Å²) in [6.07, 6.45) is 2.90. The minimum atomic E-state index is -1.25. The van der Waals surface area contributed by atoms with Crippen LogP contribution in [0, 0.1) is 0 Å². The molecule has 0 aliphatic carbocycles. The molecule has 8 nitrogen and oxygen atoms in total. The van der Waals surface area contributed by atoms with Crippen LogP contribution < -0.4 is 5.32 Å². The zero-order valence-corrected chi connectivity index (χ0v) is 10.3. The largest absolute Gasteiger partial charge is 0.465 e. The molecule has 0 saturated heterocycles. The van der Waals surface area contributed by atoms with Crippen LogP contribution in [0.2, 0.25) is 5.02 Å². The van der Waals surface area contributed by atoms with E-state index < -0.39 is 18.7 Å². The minimum Gasteiger partial charge on any atom is -0.465 e. The minimum absolute atomic E-state index is 0.333. The molecule has 3 N–H and O–H groups in total. The number of carbonyl (C=O) groups is 1. The van der Waals surface area contributed by atoms with Gasteiger partial charge in [-0.3, -0.25) is 4.98 Å². The summed E-state index contributed by atoms with van der Waals surface area (Å²) in [7, 11) is 0. The molecular weight excluding hydrogens is 274 g/mol. The molecule has 2 aromatic heterocycles. The van der Waals surface area contributed by atoms with Crippen molar-refractivity contribution >= 4 is 17.7 Å².